The van der Waals surface area contributed by atoms with Gasteiger partial charge in [-0.3, -0.25) is 13.9 Å². The van der Waals surface area contributed by atoms with Gasteiger partial charge in [-0.1, -0.05) is 36.7 Å². The fourth-order valence-corrected chi connectivity index (χ4v) is 4.05. The molecule has 2 aromatic rings. The quantitative estimate of drug-likeness (QED) is 0.543. The van der Waals surface area contributed by atoms with Crippen LogP contribution < -0.4 is 9.62 Å². The third-order valence-electron chi connectivity index (χ3n) is 5.26. The standard InChI is InChI=1S/C23H29ClFN3O4S/c1-5-16(2)26-23(30)17(3)27(14-18-8-6-7-9-21(18)25)22(29)15-28(33(4,31)32)20-12-10-19(24)11-13-20/h6-13,16-17H,5,14-15H2,1-4H3,(H,26,30)/t16-,17+/m1/s1. The van der Waals surface area contributed by atoms with Crippen LogP contribution in [0.3, 0.4) is 0 Å². The molecule has 33 heavy (non-hydrogen) atoms. The topological polar surface area (TPSA) is 86.8 Å². The maximum atomic E-state index is 14.3. The fraction of sp³-hybridized carbons (Fsp3) is 0.391. The molecular formula is C23H29ClFN3O4S. The van der Waals surface area contributed by atoms with Crippen LogP contribution in [0.2, 0.25) is 5.02 Å². The number of sulfonamides is 1. The van der Waals surface area contributed by atoms with Crippen molar-refractivity contribution in [3.63, 3.8) is 0 Å². The van der Waals surface area contributed by atoms with Gasteiger partial charge in [-0.15, -0.1) is 0 Å². The summed E-state index contributed by atoms with van der Waals surface area (Å²) >= 11 is 5.90. The number of carbonyl (C=O) groups excluding carboxylic acids is 2. The molecule has 10 heteroatoms. The summed E-state index contributed by atoms with van der Waals surface area (Å²) in [5.74, 6) is -1.58. The van der Waals surface area contributed by atoms with Gasteiger partial charge in [0.2, 0.25) is 21.8 Å². The molecule has 0 aromatic heterocycles. The number of carbonyl (C=O) groups is 2. The minimum Gasteiger partial charge on any atom is -0.352 e. The van der Waals surface area contributed by atoms with Crippen LogP contribution in [-0.2, 0) is 26.2 Å². The second kappa shape index (κ2) is 11.5. The van der Waals surface area contributed by atoms with Crippen molar-refractivity contribution in [3.8, 4) is 0 Å². The highest BCUT2D eigenvalue weighted by Crippen LogP contribution is 2.21. The summed E-state index contributed by atoms with van der Waals surface area (Å²) in [6.45, 7) is 4.52. The summed E-state index contributed by atoms with van der Waals surface area (Å²) in [6.07, 6.45) is 1.67. The van der Waals surface area contributed by atoms with Crippen molar-refractivity contribution in [2.45, 2.75) is 45.8 Å². The van der Waals surface area contributed by atoms with Crippen LogP contribution in [0.4, 0.5) is 10.1 Å². The van der Waals surface area contributed by atoms with Gasteiger partial charge in [0.1, 0.15) is 18.4 Å². The first-order valence-corrected chi connectivity index (χ1v) is 12.7. The molecule has 180 valence electrons. The van der Waals surface area contributed by atoms with Crippen LogP contribution in [0.25, 0.3) is 0 Å². The van der Waals surface area contributed by atoms with Gasteiger partial charge in [0, 0.05) is 23.2 Å². The molecule has 0 radical (unpaired) electrons. The van der Waals surface area contributed by atoms with Crippen LogP contribution in [0.1, 0.15) is 32.8 Å². The molecule has 0 spiro atoms. The van der Waals surface area contributed by atoms with Gasteiger partial charge in [0.05, 0.1) is 11.9 Å². The molecule has 0 bridgehead atoms. The van der Waals surface area contributed by atoms with E-state index in [-0.39, 0.29) is 23.8 Å². The van der Waals surface area contributed by atoms with Crippen LogP contribution >= 0.6 is 11.6 Å². The largest absolute Gasteiger partial charge is 0.352 e. The zero-order chi connectivity index (χ0) is 24.8. The zero-order valence-corrected chi connectivity index (χ0v) is 20.7. The Morgan fingerprint density at radius 1 is 1.09 bits per heavy atom. The van der Waals surface area contributed by atoms with Gasteiger partial charge < -0.3 is 10.2 Å². The molecular weight excluding hydrogens is 469 g/mol. The van der Waals surface area contributed by atoms with Gasteiger partial charge in [0.25, 0.3) is 0 Å². The lowest BCUT2D eigenvalue weighted by molar-refractivity contribution is -0.139. The molecule has 0 saturated carbocycles. The molecule has 0 aliphatic rings. The SMILES string of the molecule is CC[C@@H](C)NC(=O)[C@H](C)N(Cc1ccccc1F)C(=O)CN(c1ccc(Cl)cc1)S(C)(=O)=O. The highest BCUT2D eigenvalue weighted by Gasteiger charge is 2.30. The van der Waals surface area contributed by atoms with Gasteiger partial charge in [-0.25, -0.2) is 12.8 Å². The Morgan fingerprint density at radius 3 is 2.24 bits per heavy atom. The van der Waals surface area contributed by atoms with Gasteiger partial charge in [-0.05, 0) is 50.6 Å². The molecule has 0 unspecified atom stereocenters. The molecule has 0 saturated heterocycles. The first-order chi connectivity index (χ1) is 15.4. The predicted octanol–water partition coefficient (Wildman–Crippen LogP) is 3.58. The number of nitrogens with one attached hydrogen (secondary N) is 1. The summed E-state index contributed by atoms with van der Waals surface area (Å²) in [5, 5.41) is 3.23. The molecule has 7 nitrogen and oxygen atoms in total. The number of halogens is 2. The van der Waals surface area contributed by atoms with E-state index in [2.05, 4.69) is 5.32 Å². The van der Waals surface area contributed by atoms with Crippen LogP contribution in [0.15, 0.2) is 48.5 Å². The Kier molecular flexibility index (Phi) is 9.25. The molecule has 2 aromatic carbocycles. The summed E-state index contributed by atoms with van der Waals surface area (Å²) in [6, 6.07) is 10.8. The second-order valence-electron chi connectivity index (χ2n) is 7.85. The molecule has 2 rings (SSSR count). The van der Waals surface area contributed by atoms with E-state index in [4.69, 9.17) is 11.6 Å². The number of hydrogen-bond donors (Lipinski definition) is 1. The predicted molar refractivity (Wildman–Crippen MR) is 128 cm³/mol. The number of anilines is 1. The van der Waals surface area contributed by atoms with E-state index in [1.165, 1.54) is 54.3 Å². The summed E-state index contributed by atoms with van der Waals surface area (Å²) in [7, 11) is -3.84. The summed E-state index contributed by atoms with van der Waals surface area (Å²) < 4.78 is 40.2. The first-order valence-electron chi connectivity index (χ1n) is 10.5. The maximum Gasteiger partial charge on any atom is 0.244 e. The van der Waals surface area contributed by atoms with Gasteiger partial charge in [0.15, 0.2) is 0 Å². The van der Waals surface area contributed by atoms with Crippen LogP contribution in [0.5, 0.6) is 0 Å². The summed E-state index contributed by atoms with van der Waals surface area (Å²) in [4.78, 5) is 27.3. The Labute approximate surface area is 199 Å². The Morgan fingerprint density at radius 2 is 1.70 bits per heavy atom. The normalized spacial score (nSPS) is 13.2. The highest BCUT2D eigenvalue weighted by molar-refractivity contribution is 7.92. The van der Waals surface area contributed by atoms with Crippen molar-refractivity contribution in [3.05, 3.63) is 64.9 Å². The number of benzene rings is 2. The maximum absolute atomic E-state index is 14.3. The average molecular weight is 498 g/mol. The van der Waals surface area contributed by atoms with E-state index >= 15 is 0 Å². The van der Waals surface area contributed by atoms with Crippen molar-refractivity contribution in [1.29, 1.82) is 0 Å². The van der Waals surface area contributed by atoms with E-state index in [1.807, 2.05) is 13.8 Å². The lowest BCUT2D eigenvalue weighted by Gasteiger charge is -2.32. The number of rotatable bonds is 10. The molecule has 0 fully saturated rings. The average Bonchev–Trinajstić information content (AvgIpc) is 2.76. The van der Waals surface area contributed by atoms with Crippen molar-refractivity contribution < 1.29 is 22.4 Å². The first kappa shape index (κ1) is 26.6. The van der Waals surface area contributed by atoms with Crippen LogP contribution in [0, 0.1) is 5.82 Å². The minimum absolute atomic E-state index is 0.119. The lowest BCUT2D eigenvalue weighted by atomic mass is 10.1. The molecule has 2 amide bonds. The van der Waals surface area contributed by atoms with Crippen molar-refractivity contribution >= 4 is 39.1 Å². The number of hydrogen-bond acceptors (Lipinski definition) is 4. The molecule has 0 aliphatic carbocycles. The number of amides is 2. The van der Waals surface area contributed by atoms with Gasteiger partial charge >= 0.3 is 0 Å². The second-order valence-corrected chi connectivity index (χ2v) is 10.2. The minimum atomic E-state index is -3.84. The third-order valence-corrected chi connectivity index (χ3v) is 6.65. The molecule has 0 heterocycles. The molecule has 2 atom stereocenters. The number of nitrogens with zero attached hydrogens (tertiary/aromatic N) is 2. The molecule has 1 N–H and O–H groups in total. The highest BCUT2D eigenvalue weighted by atomic mass is 35.5. The summed E-state index contributed by atoms with van der Waals surface area (Å²) in [5.41, 5.74) is 0.462. The Balaban J connectivity index is 2.39. The Hall–Kier alpha value is -2.65. The van der Waals surface area contributed by atoms with Crippen molar-refractivity contribution in [2.24, 2.45) is 0 Å². The lowest BCUT2D eigenvalue weighted by Crippen LogP contribution is -2.52. The van der Waals surface area contributed by atoms with E-state index < -0.39 is 40.2 Å². The van der Waals surface area contributed by atoms with Crippen molar-refractivity contribution in [1.82, 2.24) is 10.2 Å². The monoisotopic (exact) mass is 497 g/mol. The van der Waals surface area contributed by atoms with Crippen molar-refractivity contribution in [2.75, 3.05) is 17.1 Å². The fourth-order valence-electron chi connectivity index (χ4n) is 3.08. The van der Waals surface area contributed by atoms with Gasteiger partial charge in [-0.2, -0.15) is 0 Å². The molecule has 0 aliphatic heterocycles. The smallest absolute Gasteiger partial charge is 0.244 e. The Bertz CT molecular complexity index is 1080. The van der Waals surface area contributed by atoms with E-state index in [0.717, 1.165) is 10.6 Å². The van der Waals surface area contributed by atoms with Crippen LogP contribution in [-0.4, -0.2) is 50.0 Å². The van der Waals surface area contributed by atoms with E-state index in [1.54, 1.807) is 6.07 Å². The third kappa shape index (κ3) is 7.43. The van der Waals surface area contributed by atoms with E-state index in [0.29, 0.717) is 11.4 Å². The van der Waals surface area contributed by atoms with E-state index in [9.17, 15) is 22.4 Å². The zero-order valence-electron chi connectivity index (χ0n) is 19.1.